The van der Waals surface area contributed by atoms with Crippen LogP contribution < -0.4 is 5.32 Å². The average Bonchev–Trinajstić information content (AvgIpc) is 3.23. The van der Waals surface area contributed by atoms with Crippen molar-refractivity contribution in [1.82, 2.24) is 19.9 Å². The molecule has 0 aliphatic heterocycles. The number of fused-ring (bicyclic) bond motifs is 1. The summed E-state index contributed by atoms with van der Waals surface area (Å²) < 4.78 is 0. The number of aromatic amines is 1. The molecule has 0 atom stereocenters. The molecule has 0 aliphatic rings. The Kier molecular flexibility index (Phi) is 7.05. The molecule has 4 rings (SSSR count). The molecular weight excluding hydrogens is 436 g/mol. The second-order valence-electron chi connectivity index (χ2n) is 9.99. The minimum atomic E-state index is -0.0814. The van der Waals surface area contributed by atoms with E-state index in [0.717, 1.165) is 51.2 Å². The molecule has 35 heavy (non-hydrogen) atoms. The number of aliphatic imine (C=N–C) groups is 1. The van der Waals surface area contributed by atoms with E-state index in [-0.39, 0.29) is 11.3 Å². The number of pyridine rings is 2. The first-order chi connectivity index (χ1) is 16.7. The summed E-state index contributed by atoms with van der Waals surface area (Å²) in [4.78, 5) is 34.0. The third kappa shape index (κ3) is 5.98. The number of rotatable bonds is 7. The van der Waals surface area contributed by atoms with E-state index in [1.807, 2.05) is 39.1 Å². The van der Waals surface area contributed by atoms with Gasteiger partial charge in [0.1, 0.15) is 5.71 Å². The number of carbonyl (C=O) groups is 1. The molecule has 4 aromatic rings. The molecule has 0 aliphatic carbocycles. The van der Waals surface area contributed by atoms with E-state index in [1.165, 1.54) is 0 Å². The van der Waals surface area contributed by atoms with Gasteiger partial charge in [0.2, 0.25) is 5.91 Å². The lowest BCUT2D eigenvalue weighted by molar-refractivity contribution is -0.117. The Balaban J connectivity index is 1.70. The fraction of sp³-hybridized carbons (Fsp3) is 0.321. The summed E-state index contributed by atoms with van der Waals surface area (Å²) >= 11 is 0. The molecule has 3 heterocycles. The normalized spacial score (nSPS) is 12.2. The predicted octanol–water partition coefficient (Wildman–Crippen LogP) is 5.95. The Morgan fingerprint density at radius 2 is 1.89 bits per heavy atom. The van der Waals surface area contributed by atoms with Crippen molar-refractivity contribution in [2.24, 2.45) is 10.4 Å². The number of anilines is 1. The van der Waals surface area contributed by atoms with Gasteiger partial charge in [-0.1, -0.05) is 39.8 Å². The zero-order valence-corrected chi connectivity index (χ0v) is 21.0. The van der Waals surface area contributed by atoms with E-state index in [0.29, 0.717) is 18.7 Å². The molecule has 0 bridgehead atoms. The minimum absolute atomic E-state index is 0.0191. The van der Waals surface area contributed by atoms with Gasteiger partial charge in [0, 0.05) is 36.5 Å². The van der Waals surface area contributed by atoms with E-state index in [1.54, 1.807) is 18.6 Å². The lowest BCUT2D eigenvalue weighted by Gasteiger charge is -2.17. The van der Waals surface area contributed by atoms with Crippen LogP contribution in [0.3, 0.4) is 0 Å². The van der Waals surface area contributed by atoms with E-state index in [9.17, 15) is 4.79 Å². The number of hydrogen-bond acceptors (Lipinski definition) is 5. The first-order valence-electron chi connectivity index (χ1n) is 11.9. The summed E-state index contributed by atoms with van der Waals surface area (Å²) in [7, 11) is 0. The van der Waals surface area contributed by atoms with Gasteiger partial charge in [-0.3, -0.25) is 19.8 Å². The van der Waals surface area contributed by atoms with Crippen molar-refractivity contribution in [2.75, 3.05) is 11.9 Å². The van der Waals surface area contributed by atoms with Crippen LogP contribution in [0.1, 0.15) is 57.5 Å². The van der Waals surface area contributed by atoms with E-state index < -0.39 is 0 Å². The number of nitrogens with zero attached hydrogens (tertiary/aromatic N) is 4. The van der Waals surface area contributed by atoms with Crippen LogP contribution >= 0.6 is 0 Å². The molecule has 0 saturated heterocycles. The highest BCUT2D eigenvalue weighted by atomic mass is 16.1. The van der Waals surface area contributed by atoms with E-state index in [4.69, 9.17) is 9.98 Å². The molecule has 1 aromatic carbocycles. The number of benzene rings is 1. The van der Waals surface area contributed by atoms with Crippen LogP contribution in [0.4, 0.5) is 5.69 Å². The molecule has 0 unspecified atom stereocenters. The first kappa shape index (κ1) is 24.3. The molecule has 7 heteroatoms. The summed E-state index contributed by atoms with van der Waals surface area (Å²) in [5, 5.41) is 2.98. The van der Waals surface area contributed by atoms with Gasteiger partial charge < -0.3 is 10.3 Å². The van der Waals surface area contributed by atoms with Gasteiger partial charge in [-0.2, -0.15) is 0 Å². The summed E-state index contributed by atoms with van der Waals surface area (Å²) in [6, 6.07) is 10.1. The molecule has 1 amide bonds. The molecule has 0 radical (unpaired) electrons. The predicted molar refractivity (Wildman–Crippen MR) is 142 cm³/mol. The van der Waals surface area contributed by atoms with Crippen molar-refractivity contribution in [3.8, 4) is 11.1 Å². The van der Waals surface area contributed by atoms with Gasteiger partial charge in [0.25, 0.3) is 0 Å². The minimum Gasteiger partial charge on any atom is -0.335 e. The van der Waals surface area contributed by atoms with Gasteiger partial charge in [0.05, 0.1) is 29.1 Å². The fourth-order valence-corrected chi connectivity index (χ4v) is 3.89. The van der Waals surface area contributed by atoms with Crippen molar-refractivity contribution in [1.29, 1.82) is 0 Å². The lowest BCUT2D eigenvalue weighted by Crippen LogP contribution is -2.19. The van der Waals surface area contributed by atoms with Crippen LogP contribution in [-0.2, 0) is 4.79 Å². The van der Waals surface area contributed by atoms with Crippen LogP contribution in [0.25, 0.3) is 22.2 Å². The number of aryl methyl sites for hydroxylation is 1. The highest BCUT2D eigenvalue weighted by Crippen LogP contribution is 2.27. The number of carbonyl (C=O) groups excluding carboxylic acids is 1. The Labute approximate surface area is 206 Å². The second kappa shape index (κ2) is 10.2. The van der Waals surface area contributed by atoms with Gasteiger partial charge in [-0.05, 0) is 48.1 Å². The monoisotopic (exact) mass is 468 g/mol. The maximum atomic E-state index is 12.4. The second-order valence-corrected chi connectivity index (χ2v) is 9.99. The molecule has 3 aromatic heterocycles. The van der Waals surface area contributed by atoms with Gasteiger partial charge in [-0.15, -0.1) is 0 Å². The van der Waals surface area contributed by atoms with Crippen LogP contribution in [-0.4, -0.2) is 38.1 Å². The molecule has 180 valence electrons. The van der Waals surface area contributed by atoms with Crippen molar-refractivity contribution in [3.63, 3.8) is 0 Å². The number of aromatic nitrogens is 4. The Hall–Kier alpha value is -3.87. The van der Waals surface area contributed by atoms with Crippen LogP contribution in [0.15, 0.2) is 60.1 Å². The highest BCUT2D eigenvalue weighted by molar-refractivity contribution is 6.13. The molecule has 0 fully saturated rings. The smallest absolute Gasteiger partial charge is 0.224 e. The molecule has 2 N–H and O–H groups in total. The van der Waals surface area contributed by atoms with E-state index in [2.05, 4.69) is 52.3 Å². The van der Waals surface area contributed by atoms with Crippen LogP contribution in [0.5, 0.6) is 0 Å². The largest absolute Gasteiger partial charge is 0.335 e. The standard InChI is InChI=1S/C28H32N6O/c1-6-10-31-26(27-33-23-9-11-29-17-24(23)34-27)22-13-19(8-7-18(22)2)20-12-21(16-30-15-20)32-25(35)14-28(3,4)5/h7-9,11-13,15-17H,6,10,14H2,1-5H3,(H,32,35)(H,33,34). The Morgan fingerprint density at radius 3 is 2.63 bits per heavy atom. The summed E-state index contributed by atoms with van der Waals surface area (Å²) in [5.74, 6) is 0.706. The number of nitrogens with one attached hydrogen (secondary N) is 2. The van der Waals surface area contributed by atoms with Crippen molar-refractivity contribution in [3.05, 3.63) is 72.1 Å². The number of imidazole rings is 1. The summed E-state index contributed by atoms with van der Waals surface area (Å²) in [5.41, 5.74) is 7.18. The molecule has 7 nitrogen and oxygen atoms in total. The Morgan fingerprint density at radius 1 is 1.06 bits per heavy atom. The van der Waals surface area contributed by atoms with Gasteiger partial charge in [-0.25, -0.2) is 4.98 Å². The number of amides is 1. The fourth-order valence-electron chi connectivity index (χ4n) is 3.89. The molecular formula is C28H32N6O. The maximum Gasteiger partial charge on any atom is 0.224 e. The highest BCUT2D eigenvalue weighted by Gasteiger charge is 2.18. The van der Waals surface area contributed by atoms with Crippen LogP contribution in [0.2, 0.25) is 0 Å². The summed E-state index contributed by atoms with van der Waals surface area (Å²) in [6.07, 6.45) is 8.37. The first-order valence-corrected chi connectivity index (χ1v) is 11.9. The number of H-pyrrole nitrogens is 1. The van der Waals surface area contributed by atoms with Gasteiger partial charge >= 0.3 is 0 Å². The third-order valence-corrected chi connectivity index (χ3v) is 5.54. The number of hydrogen-bond donors (Lipinski definition) is 2. The average molecular weight is 469 g/mol. The molecule has 0 spiro atoms. The van der Waals surface area contributed by atoms with E-state index >= 15 is 0 Å². The zero-order valence-electron chi connectivity index (χ0n) is 21.0. The van der Waals surface area contributed by atoms with Crippen LogP contribution in [0, 0.1) is 12.3 Å². The zero-order chi connectivity index (χ0) is 25.0. The maximum absolute atomic E-state index is 12.4. The molecule has 0 saturated carbocycles. The van der Waals surface area contributed by atoms with Gasteiger partial charge in [0.15, 0.2) is 5.82 Å². The lowest BCUT2D eigenvalue weighted by atomic mass is 9.92. The van der Waals surface area contributed by atoms with Crippen molar-refractivity contribution < 1.29 is 4.79 Å². The SMILES string of the molecule is CCCN=C(c1nc2ccncc2[nH]1)c1cc(-c2cncc(NC(=O)CC(C)(C)C)c2)ccc1C. The summed E-state index contributed by atoms with van der Waals surface area (Å²) in [6.45, 7) is 11.0. The van der Waals surface area contributed by atoms with Crippen molar-refractivity contribution in [2.45, 2.75) is 47.5 Å². The van der Waals surface area contributed by atoms with Crippen molar-refractivity contribution >= 4 is 28.3 Å². The Bertz CT molecular complexity index is 1350. The third-order valence-electron chi connectivity index (χ3n) is 5.54. The quantitative estimate of drug-likeness (QED) is 0.328. The topological polar surface area (TPSA) is 95.9 Å².